The molecule has 2 rings (SSSR count). The minimum absolute atomic E-state index is 0.0532. The fourth-order valence-electron chi connectivity index (χ4n) is 3.04. The molecule has 0 spiro atoms. The van der Waals surface area contributed by atoms with Gasteiger partial charge < -0.3 is 30.1 Å². The number of benzene rings is 1. The first kappa shape index (κ1) is 23.1. The van der Waals surface area contributed by atoms with Gasteiger partial charge in [-0.05, 0) is 25.0 Å². The third kappa shape index (κ3) is 6.97. The molecule has 2 aromatic rings. The van der Waals surface area contributed by atoms with Gasteiger partial charge in [0, 0.05) is 30.4 Å². The second-order valence-corrected chi connectivity index (χ2v) is 6.87. The molecule has 1 aromatic carbocycles. The molecule has 0 radical (unpaired) electrons. The van der Waals surface area contributed by atoms with Gasteiger partial charge in [0.15, 0.2) is 0 Å². The zero-order valence-electron chi connectivity index (χ0n) is 17.2. The Balaban J connectivity index is 1.74. The van der Waals surface area contributed by atoms with E-state index in [1.54, 1.807) is 6.92 Å². The maximum absolute atomic E-state index is 10.2. The van der Waals surface area contributed by atoms with Gasteiger partial charge in [-0.25, -0.2) is 0 Å². The van der Waals surface area contributed by atoms with E-state index in [-0.39, 0.29) is 19.8 Å². The fraction of sp³-hybridized carbons (Fsp3) is 0.500. The van der Waals surface area contributed by atoms with Crippen molar-refractivity contribution in [3.05, 3.63) is 52.8 Å². The Bertz CT molecular complexity index is 754. The number of aromatic nitrogens is 1. The summed E-state index contributed by atoms with van der Waals surface area (Å²) in [5, 5.41) is 32.2. The number of aliphatic hydroxyl groups excluding tert-OH is 3. The number of aryl methyl sites for hydroxylation is 2. The van der Waals surface area contributed by atoms with Crippen LogP contribution in [0.2, 0.25) is 0 Å². The average molecular weight is 405 g/mol. The molecule has 0 aliphatic heterocycles. The zero-order chi connectivity index (χ0) is 21.1. The summed E-state index contributed by atoms with van der Waals surface area (Å²) in [5.41, 5.74) is 2.82. The van der Waals surface area contributed by atoms with Crippen LogP contribution in [-0.4, -0.2) is 52.7 Å². The maximum Gasteiger partial charge on any atom is 0.146 e. The number of hydrogen-bond donors (Lipinski definition) is 4. The molecule has 0 amide bonds. The lowest BCUT2D eigenvalue weighted by Crippen LogP contribution is -2.34. The number of rotatable bonds is 13. The van der Waals surface area contributed by atoms with Gasteiger partial charge in [-0.1, -0.05) is 31.5 Å². The molecule has 1 aromatic heterocycles. The molecule has 1 atom stereocenters. The number of pyridine rings is 1. The third-order valence-corrected chi connectivity index (χ3v) is 4.56. The Kier molecular flexibility index (Phi) is 9.87. The number of para-hydroxylation sites is 1. The predicted octanol–water partition coefficient (Wildman–Crippen LogP) is 1.74. The van der Waals surface area contributed by atoms with Crippen LogP contribution >= 0.6 is 0 Å². The van der Waals surface area contributed by atoms with E-state index < -0.39 is 6.10 Å². The molecule has 0 saturated carbocycles. The van der Waals surface area contributed by atoms with Crippen molar-refractivity contribution >= 4 is 0 Å². The summed E-state index contributed by atoms with van der Waals surface area (Å²) in [6.07, 6.45) is 2.84. The fourth-order valence-corrected chi connectivity index (χ4v) is 3.04. The summed E-state index contributed by atoms with van der Waals surface area (Å²) in [5.74, 6) is 1.32. The first-order valence-corrected chi connectivity index (χ1v) is 10.0. The highest BCUT2D eigenvalue weighted by atomic mass is 16.5. The maximum atomic E-state index is 10.2. The van der Waals surface area contributed by atoms with Crippen molar-refractivity contribution < 1.29 is 24.8 Å². The van der Waals surface area contributed by atoms with Crippen molar-refractivity contribution in [3.8, 4) is 11.5 Å². The van der Waals surface area contributed by atoms with Crippen LogP contribution in [0, 0.1) is 6.92 Å². The standard InChI is InChI=1S/C22H32N2O5/c1-3-6-17-7-4-5-8-21(17)28-10-9-23-12-19(27)15-29-22-16(2)24-11-18(13-25)20(22)14-26/h4-5,7-8,11,19,23,25-27H,3,6,9-10,12-15H2,1-2H3. The van der Waals surface area contributed by atoms with Crippen LogP contribution in [0.1, 0.15) is 35.7 Å². The highest BCUT2D eigenvalue weighted by Crippen LogP contribution is 2.25. The lowest BCUT2D eigenvalue weighted by molar-refractivity contribution is 0.103. The Morgan fingerprint density at radius 1 is 1.10 bits per heavy atom. The molecule has 0 bridgehead atoms. The second-order valence-electron chi connectivity index (χ2n) is 6.87. The van der Waals surface area contributed by atoms with E-state index in [4.69, 9.17) is 9.47 Å². The van der Waals surface area contributed by atoms with E-state index in [0.717, 1.165) is 18.6 Å². The first-order chi connectivity index (χ1) is 14.1. The van der Waals surface area contributed by atoms with Crippen molar-refractivity contribution in [1.82, 2.24) is 10.3 Å². The Morgan fingerprint density at radius 3 is 2.62 bits per heavy atom. The minimum Gasteiger partial charge on any atom is -0.492 e. The number of nitrogens with zero attached hydrogens (tertiary/aromatic N) is 1. The average Bonchev–Trinajstić information content (AvgIpc) is 2.73. The summed E-state index contributed by atoms with van der Waals surface area (Å²) < 4.78 is 11.5. The molecule has 0 aliphatic carbocycles. The molecule has 4 N–H and O–H groups in total. The molecule has 0 saturated heterocycles. The van der Waals surface area contributed by atoms with Gasteiger partial charge in [-0.2, -0.15) is 0 Å². The van der Waals surface area contributed by atoms with Gasteiger partial charge in [-0.15, -0.1) is 0 Å². The lowest BCUT2D eigenvalue weighted by atomic mass is 10.1. The van der Waals surface area contributed by atoms with Crippen molar-refractivity contribution in [2.24, 2.45) is 0 Å². The Labute approximate surface area is 172 Å². The largest absolute Gasteiger partial charge is 0.492 e. The van der Waals surface area contributed by atoms with Crippen LogP contribution in [0.4, 0.5) is 0 Å². The van der Waals surface area contributed by atoms with Gasteiger partial charge in [0.05, 0.1) is 18.9 Å². The topological polar surface area (TPSA) is 104 Å². The molecule has 29 heavy (non-hydrogen) atoms. The predicted molar refractivity (Wildman–Crippen MR) is 111 cm³/mol. The monoisotopic (exact) mass is 404 g/mol. The van der Waals surface area contributed by atoms with Crippen molar-refractivity contribution in [2.45, 2.75) is 46.0 Å². The van der Waals surface area contributed by atoms with E-state index >= 15 is 0 Å². The van der Waals surface area contributed by atoms with Gasteiger partial charge in [0.2, 0.25) is 0 Å². The quantitative estimate of drug-likeness (QED) is 0.377. The molecule has 1 unspecified atom stereocenters. The van der Waals surface area contributed by atoms with E-state index in [1.807, 2.05) is 18.2 Å². The zero-order valence-corrected chi connectivity index (χ0v) is 17.2. The molecule has 7 heteroatoms. The van der Waals surface area contributed by atoms with Crippen molar-refractivity contribution in [3.63, 3.8) is 0 Å². The van der Waals surface area contributed by atoms with Crippen LogP contribution in [0.25, 0.3) is 0 Å². The summed E-state index contributed by atoms with van der Waals surface area (Å²) in [7, 11) is 0. The van der Waals surface area contributed by atoms with E-state index in [0.29, 0.717) is 42.3 Å². The summed E-state index contributed by atoms with van der Waals surface area (Å²) >= 11 is 0. The van der Waals surface area contributed by atoms with Gasteiger partial charge in [-0.3, -0.25) is 4.98 Å². The molecule has 160 valence electrons. The van der Waals surface area contributed by atoms with Crippen LogP contribution in [0.5, 0.6) is 11.5 Å². The number of ether oxygens (including phenoxy) is 2. The SMILES string of the molecule is CCCc1ccccc1OCCNCC(O)COc1c(C)ncc(CO)c1CO. The van der Waals surface area contributed by atoms with E-state index in [1.165, 1.54) is 11.8 Å². The van der Waals surface area contributed by atoms with Crippen LogP contribution in [0.15, 0.2) is 30.5 Å². The molecule has 7 nitrogen and oxygen atoms in total. The third-order valence-electron chi connectivity index (χ3n) is 4.56. The van der Waals surface area contributed by atoms with Crippen LogP contribution < -0.4 is 14.8 Å². The first-order valence-electron chi connectivity index (χ1n) is 10.0. The van der Waals surface area contributed by atoms with Crippen LogP contribution in [-0.2, 0) is 19.6 Å². The lowest BCUT2D eigenvalue weighted by Gasteiger charge is -2.18. The molecule has 0 aliphatic rings. The van der Waals surface area contributed by atoms with Gasteiger partial charge in [0.1, 0.15) is 30.8 Å². The van der Waals surface area contributed by atoms with Crippen LogP contribution in [0.3, 0.4) is 0 Å². The number of aliphatic hydroxyl groups is 3. The Hall–Kier alpha value is -2.19. The summed E-state index contributed by atoms with van der Waals surface area (Å²) in [4.78, 5) is 4.16. The van der Waals surface area contributed by atoms with Crippen molar-refractivity contribution in [1.29, 1.82) is 0 Å². The molecular formula is C22H32N2O5. The normalized spacial score (nSPS) is 12.0. The molecule has 0 fully saturated rings. The number of nitrogens with one attached hydrogen (secondary N) is 1. The van der Waals surface area contributed by atoms with Gasteiger partial charge in [0.25, 0.3) is 0 Å². The molecular weight excluding hydrogens is 372 g/mol. The summed E-state index contributed by atoms with van der Waals surface area (Å²) in [6.45, 7) is 4.91. The van der Waals surface area contributed by atoms with Crippen molar-refractivity contribution in [2.75, 3.05) is 26.3 Å². The number of hydrogen-bond acceptors (Lipinski definition) is 7. The van der Waals surface area contributed by atoms with Gasteiger partial charge >= 0.3 is 0 Å². The minimum atomic E-state index is -0.730. The summed E-state index contributed by atoms with van der Waals surface area (Å²) in [6, 6.07) is 8.04. The molecule has 1 heterocycles. The van der Waals surface area contributed by atoms with E-state index in [9.17, 15) is 15.3 Å². The highest BCUT2D eigenvalue weighted by molar-refractivity contribution is 5.41. The Morgan fingerprint density at radius 2 is 1.90 bits per heavy atom. The highest BCUT2D eigenvalue weighted by Gasteiger charge is 2.14. The smallest absolute Gasteiger partial charge is 0.146 e. The van der Waals surface area contributed by atoms with E-state index in [2.05, 4.69) is 23.3 Å². The second kappa shape index (κ2) is 12.4.